The lowest BCUT2D eigenvalue weighted by molar-refractivity contribution is -0.126. The van der Waals surface area contributed by atoms with Gasteiger partial charge in [0, 0.05) is 25.5 Å². The van der Waals surface area contributed by atoms with Crippen molar-refractivity contribution < 1.29 is 9.59 Å². The Morgan fingerprint density at radius 1 is 1.17 bits per heavy atom. The SMILES string of the molecule is CC1=C(C)N2C(=NC3C2C(=O)NC(=O)N3C)N1C. The molecule has 0 aromatic rings. The van der Waals surface area contributed by atoms with E-state index in [1.54, 1.807) is 7.05 Å². The van der Waals surface area contributed by atoms with E-state index < -0.39 is 18.2 Å². The minimum Gasteiger partial charge on any atom is -0.318 e. The number of carbonyl (C=O) groups is 2. The average Bonchev–Trinajstić information content (AvgIpc) is 2.81. The van der Waals surface area contributed by atoms with Crippen LogP contribution in [0.5, 0.6) is 0 Å². The number of nitrogens with one attached hydrogen (secondary N) is 1. The molecule has 3 heterocycles. The third-order valence-corrected chi connectivity index (χ3v) is 3.93. The maximum absolute atomic E-state index is 12.0. The first kappa shape index (κ1) is 11.1. The average molecular weight is 249 g/mol. The van der Waals surface area contributed by atoms with Crippen molar-refractivity contribution in [2.45, 2.75) is 26.1 Å². The maximum Gasteiger partial charge on any atom is 0.325 e. The Bertz CT molecular complexity index is 524. The Morgan fingerprint density at radius 3 is 2.50 bits per heavy atom. The Labute approximate surface area is 105 Å². The van der Waals surface area contributed by atoms with Gasteiger partial charge in [-0.05, 0) is 13.8 Å². The highest BCUT2D eigenvalue weighted by Gasteiger charge is 2.52. The van der Waals surface area contributed by atoms with E-state index in [0.717, 1.165) is 17.4 Å². The van der Waals surface area contributed by atoms with E-state index in [0.29, 0.717) is 0 Å². The van der Waals surface area contributed by atoms with Crippen molar-refractivity contribution >= 4 is 17.9 Å². The van der Waals surface area contributed by atoms with Gasteiger partial charge in [-0.3, -0.25) is 15.0 Å². The van der Waals surface area contributed by atoms with Gasteiger partial charge in [0.05, 0.1) is 0 Å². The van der Waals surface area contributed by atoms with Crippen LogP contribution in [0, 0.1) is 0 Å². The Morgan fingerprint density at radius 2 is 1.83 bits per heavy atom. The summed E-state index contributed by atoms with van der Waals surface area (Å²) >= 11 is 0. The van der Waals surface area contributed by atoms with Crippen LogP contribution in [0.4, 0.5) is 4.79 Å². The summed E-state index contributed by atoms with van der Waals surface area (Å²) in [6.07, 6.45) is -0.438. The fourth-order valence-electron chi connectivity index (χ4n) is 2.62. The molecule has 1 saturated heterocycles. The van der Waals surface area contributed by atoms with Crippen LogP contribution in [0.1, 0.15) is 13.8 Å². The van der Waals surface area contributed by atoms with Crippen LogP contribution >= 0.6 is 0 Å². The topological polar surface area (TPSA) is 68.2 Å². The second-order valence-corrected chi connectivity index (χ2v) is 4.79. The molecule has 1 N–H and O–H groups in total. The number of rotatable bonds is 0. The van der Waals surface area contributed by atoms with Crippen LogP contribution in [0.15, 0.2) is 16.4 Å². The summed E-state index contributed by atoms with van der Waals surface area (Å²) in [7, 11) is 3.56. The van der Waals surface area contributed by atoms with Crippen molar-refractivity contribution in [3.05, 3.63) is 11.4 Å². The first-order chi connectivity index (χ1) is 8.43. The fourth-order valence-corrected chi connectivity index (χ4v) is 2.62. The van der Waals surface area contributed by atoms with Crippen molar-refractivity contribution in [3.8, 4) is 0 Å². The number of imide groups is 1. The summed E-state index contributed by atoms with van der Waals surface area (Å²) < 4.78 is 0. The highest BCUT2D eigenvalue weighted by molar-refractivity contribution is 6.05. The smallest absolute Gasteiger partial charge is 0.318 e. The summed E-state index contributed by atoms with van der Waals surface area (Å²) in [5.41, 5.74) is 2.07. The molecule has 96 valence electrons. The lowest BCUT2D eigenvalue weighted by Gasteiger charge is -2.35. The summed E-state index contributed by atoms with van der Waals surface area (Å²) in [6.45, 7) is 3.95. The molecule has 2 unspecified atom stereocenters. The number of guanidine groups is 1. The molecule has 7 heteroatoms. The second kappa shape index (κ2) is 3.24. The first-order valence-electron chi connectivity index (χ1n) is 5.79. The molecule has 0 saturated carbocycles. The molecule has 3 aliphatic rings. The molecule has 3 rings (SSSR count). The van der Waals surface area contributed by atoms with Gasteiger partial charge in [-0.25, -0.2) is 9.79 Å². The lowest BCUT2D eigenvalue weighted by Crippen LogP contribution is -2.63. The van der Waals surface area contributed by atoms with Gasteiger partial charge in [0.15, 0.2) is 12.2 Å². The zero-order chi connectivity index (χ0) is 13.2. The van der Waals surface area contributed by atoms with Crippen LogP contribution in [-0.4, -0.2) is 58.9 Å². The monoisotopic (exact) mass is 249 g/mol. The molecule has 0 aliphatic carbocycles. The predicted octanol–water partition coefficient (Wildman–Crippen LogP) is -0.269. The highest BCUT2D eigenvalue weighted by Crippen LogP contribution is 2.34. The van der Waals surface area contributed by atoms with E-state index in [4.69, 9.17) is 0 Å². The number of amides is 3. The van der Waals surface area contributed by atoms with Crippen LogP contribution in [-0.2, 0) is 4.79 Å². The maximum atomic E-state index is 12.0. The van der Waals surface area contributed by atoms with Gasteiger partial charge in [0.25, 0.3) is 5.91 Å². The van der Waals surface area contributed by atoms with Crippen LogP contribution in [0.25, 0.3) is 0 Å². The molecule has 7 nitrogen and oxygen atoms in total. The van der Waals surface area contributed by atoms with Crippen LogP contribution in [0.2, 0.25) is 0 Å². The Balaban J connectivity index is 2.06. The van der Waals surface area contributed by atoms with Gasteiger partial charge in [0.2, 0.25) is 5.96 Å². The predicted molar refractivity (Wildman–Crippen MR) is 64.3 cm³/mol. The zero-order valence-electron chi connectivity index (χ0n) is 10.8. The minimum absolute atomic E-state index is 0.288. The molecule has 0 radical (unpaired) electrons. The quantitative estimate of drug-likeness (QED) is 0.642. The zero-order valence-corrected chi connectivity index (χ0v) is 10.8. The van der Waals surface area contributed by atoms with E-state index in [1.165, 1.54) is 4.90 Å². The fraction of sp³-hybridized carbons (Fsp3) is 0.545. The third kappa shape index (κ3) is 1.11. The molecule has 3 aliphatic heterocycles. The van der Waals surface area contributed by atoms with Gasteiger partial charge in [0.1, 0.15) is 0 Å². The number of allylic oxidation sites excluding steroid dienone is 2. The number of carbonyl (C=O) groups excluding carboxylic acids is 2. The molecule has 0 aromatic heterocycles. The number of nitrogens with zero attached hydrogens (tertiary/aromatic N) is 4. The van der Waals surface area contributed by atoms with Crippen LogP contribution in [0.3, 0.4) is 0 Å². The third-order valence-electron chi connectivity index (χ3n) is 3.93. The number of hydrogen-bond acceptors (Lipinski definition) is 5. The molecule has 2 atom stereocenters. The number of aliphatic imine (C=N–C) groups is 1. The van der Waals surface area contributed by atoms with Crippen molar-refractivity contribution in [2.24, 2.45) is 4.99 Å². The number of hydrogen-bond donors (Lipinski definition) is 1. The van der Waals surface area contributed by atoms with E-state index in [2.05, 4.69) is 10.3 Å². The standard InChI is InChI=1S/C11H15N5O2/c1-5-6(2)16-7-8(12-10(16)14(5)3)15(4)11(18)13-9(7)17/h7-8H,1-4H3,(H,13,17,18). The molecule has 3 amide bonds. The summed E-state index contributed by atoms with van der Waals surface area (Å²) in [4.78, 5) is 33.4. The van der Waals surface area contributed by atoms with Gasteiger partial charge >= 0.3 is 6.03 Å². The van der Waals surface area contributed by atoms with E-state index >= 15 is 0 Å². The summed E-state index contributed by atoms with van der Waals surface area (Å²) in [6, 6.07) is -0.851. The molecular formula is C11H15N5O2. The van der Waals surface area contributed by atoms with E-state index in [-0.39, 0.29) is 5.91 Å². The summed E-state index contributed by atoms with van der Waals surface area (Å²) in [5, 5.41) is 2.36. The summed E-state index contributed by atoms with van der Waals surface area (Å²) in [5.74, 6) is 0.445. The van der Waals surface area contributed by atoms with Gasteiger partial charge in [-0.2, -0.15) is 0 Å². The first-order valence-corrected chi connectivity index (χ1v) is 5.79. The van der Waals surface area contributed by atoms with E-state index in [1.807, 2.05) is 30.7 Å². The lowest BCUT2D eigenvalue weighted by atomic mass is 10.1. The normalized spacial score (nSPS) is 30.7. The van der Waals surface area contributed by atoms with Crippen LogP contribution < -0.4 is 5.32 Å². The largest absolute Gasteiger partial charge is 0.325 e. The molecular weight excluding hydrogens is 234 g/mol. The van der Waals surface area contributed by atoms with Crippen molar-refractivity contribution in [3.63, 3.8) is 0 Å². The van der Waals surface area contributed by atoms with Crippen molar-refractivity contribution in [1.82, 2.24) is 20.0 Å². The van der Waals surface area contributed by atoms with Crippen molar-refractivity contribution in [2.75, 3.05) is 14.1 Å². The van der Waals surface area contributed by atoms with Gasteiger partial charge in [-0.1, -0.05) is 0 Å². The molecule has 1 fully saturated rings. The Kier molecular flexibility index (Phi) is 1.99. The molecule has 0 spiro atoms. The number of likely N-dealkylation sites (N-methyl/N-ethyl adjacent to an activating group) is 1. The minimum atomic E-state index is -0.456. The second-order valence-electron chi connectivity index (χ2n) is 4.79. The van der Waals surface area contributed by atoms with Gasteiger partial charge < -0.3 is 9.80 Å². The van der Waals surface area contributed by atoms with Crippen molar-refractivity contribution in [1.29, 1.82) is 0 Å². The Hall–Kier alpha value is -2.05. The molecule has 0 aromatic carbocycles. The number of fused-ring (bicyclic) bond motifs is 3. The van der Waals surface area contributed by atoms with Gasteiger partial charge in [-0.15, -0.1) is 0 Å². The molecule has 0 bridgehead atoms. The number of urea groups is 1. The van der Waals surface area contributed by atoms with E-state index in [9.17, 15) is 9.59 Å². The highest BCUT2D eigenvalue weighted by atomic mass is 16.2. The molecule has 18 heavy (non-hydrogen) atoms.